The minimum atomic E-state index is -0.917. The van der Waals surface area contributed by atoms with Crippen LogP contribution in [0.15, 0.2) is 47.5 Å². The molecule has 1 amide bonds. The van der Waals surface area contributed by atoms with Crippen molar-refractivity contribution in [2.45, 2.75) is 57.7 Å². The van der Waals surface area contributed by atoms with Crippen molar-refractivity contribution in [3.8, 4) is 11.5 Å². The summed E-state index contributed by atoms with van der Waals surface area (Å²) in [6.07, 6.45) is 6.34. The molecule has 1 aliphatic carbocycles. The number of carbonyl (C=O) groups excluding carboxylic acids is 1. The van der Waals surface area contributed by atoms with Gasteiger partial charge >= 0.3 is 195 Å². The Morgan fingerprint density at radius 3 is 2.63 bits per heavy atom. The molecular weight excluding hydrogens is 457 g/mol. The molecule has 3 aromatic rings. The van der Waals surface area contributed by atoms with E-state index in [-0.39, 0.29) is 5.75 Å². The van der Waals surface area contributed by atoms with Crippen molar-refractivity contribution >= 4 is 18.5 Å². The van der Waals surface area contributed by atoms with Gasteiger partial charge in [0.05, 0.1) is 0 Å². The van der Waals surface area contributed by atoms with E-state index >= 15 is 0 Å². The summed E-state index contributed by atoms with van der Waals surface area (Å²) in [6, 6.07) is 5.18. The maximum atomic E-state index is 13.9. The molecule has 4 rings (SSSR count). The topological polar surface area (TPSA) is 98.4 Å². The van der Waals surface area contributed by atoms with Crippen LogP contribution in [0.1, 0.15) is 45.6 Å². The second kappa shape index (κ2) is 10.1. The van der Waals surface area contributed by atoms with Crippen LogP contribution in [0.4, 0.5) is 14.4 Å². The van der Waals surface area contributed by atoms with Gasteiger partial charge in [0, 0.05) is 0 Å². The van der Waals surface area contributed by atoms with Crippen molar-refractivity contribution in [1.82, 2.24) is 14.3 Å². The number of aliphatic hydroxyl groups is 1. The summed E-state index contributed by atoms with van der Waals surface area (Å²) < 4.78 is 35.9. The molecule has 2 heterocycles. The summed E-state index contributed by atoms with van der Waals surface area (Å²) in [6.45, 7) is 3.72. The van der Waals surface area contributed by atoms with Crippen LogP contribution in [0.5, 0.6) is 11.5 Å². The van der Waals surface area contributed by atoms with E-state index in [4.69, 9.17) is 4.74 Å². The molecule has 184 valence electrons. The first-order valence-corrected chi connectivity index (χ1v) is 11.5. The van der Waals surface area contributed by atoms with Crippen molar-refractivity contribution in [1.29, 1.82) is 0 Å². The first-order chi connectivity index (χ1) is 16.6. The average Bonchev–Trinajstić information content (AvgIpc) is 3.15. The summed E-state index contributed by atoms with van der Waals surface area (Å²) in [4.78, 5) is 26.1. The Kier molecular flexibility index (Phi) is 7.16. The molecule has 0 bridgehead atoms. The fourth-order valence-corrected chi connectivity index (χ4v) is 4.04. The number of hydrogen-bond donors (Lipinski definition) is 2. The van der Waals surface area contributed by atoms with Gasteiger partial charge < -0.3 is 0 Å². The molecule has 35 heavy (non-hydrogen) atoms. The zero-order valence-corrected chi connectivity index (χ0v) is 19.6. The number of benzene rings is 1. The predicted octanol–water partition coefficient (Wildman–Crippen LogP) is 3.59. The van der Waals surface area contributed by atoms with Gasteiger partial charge in [0.15, 0.2) is 0 Å². The number of halogens is 2. The van der Waals surface area contributed by atoms with Crippen LogP contribution < -0.4 is 15.6 Å². The first kappa shape index (κ1) is 24.8. The van der Waals surface area contributed by atoms with E-state index in [2.05, 4.69) is 10.4 Å². The van der Waals surface area contributed by atoms with Gasteiger partial charge in [-0.2, -0.15) is 0 Å². The normalized spacial score (nSPS) is 14.8. The monoisotopic (exact) mass is 484 g/mol. The van der Waals surface area contributed by atoms with E-state index in [1.807, 2.05) is 0 Å². The number of nitrogens with zero attached hydrogens (tertiary/aromatic N) is 3. The number of anilines is 1. The average molecular weight is 484 g/mol. The number of nitrogens with one attached hydrogen (secondary N) is 1. The summed E-state index contributed by atoms with van der Waals surface area (Å²) in [5.74, 6) is -2.70. The molecule has 8 nitrogen and oxygen atoms in total. The SMILES string of the molecule is CC(C)(O)Cn1bc(NC(=O)[C@@H](CC2CCC2)n2ncc(Oc3c(F)cccc3F)cc2=O)cc1. The fourth-order valence-electron chi connectivity index (χ4n) is 4.04. The molecule has 2 aromatic heterocycles. The van der Waals surface area contributed by atoms with E-state index in [0.717, 1.165) is 48.3 Å². The number of carbonyl (C=O) groups is 1. The van der Waals surface area contributed by atoms with Crippen LogP contribution in [0.3, 0.4) is 0 Å². The molecular formula is C24H27BF2N4O4. The molecule has 1 saturated carbocycles. The molecule has 0 spiro atoms. The Bertz CT molecular complexity index is 1250. The summed E-state index contributed by atoms with van der Waals surface area (Å²) >= 11 is 0. The summed E-state index contributed by atoms with van der Waals surface area (Å²) in [7, 11) is 1.70. The van der Waals surface area contributed by atoms with E-state index in [1.54, 1.807) is 37.6 Å². The molecule has 0 unspecified atom stereocenters. The number of aromatic nitrogens is 3. The second-order valence-corrected chi connectivity index (χ2v) is 9.55. The van der Waals surface area contributed by atoms with E-state index in [0.29, 0.717) is 24.5 Å². The van der Waals surface area contributed by atoms with Crippen molar-refractivity contribution in [2.75, 3.05) is 5.32 Å². The third-order valence-corrected chi connectivity index (χ3v) is 5.91. The van der Waals surface area contributed by atoms with Gasteiger partial charge in [0.25, 0.3) is 0 Å². The Hall–Kier alpha value is -3.34. The van der Waals surface area contributed by atoms with Crippen molar-refractivity contribution in [3.63, 3.8) is 0 Å². The van der Waals surface area contributed by atoms with E-state index in [1.165, 1.54) is 6.07 Å². The fraction of sp³-hybridized carbons (Fsp3) is 0.417. The Morgan fingerprint density at radius 2 is 2.03 bits per heavy atom. The van der Waals surface area contributed by atoms with Gasteiger partial charge in [-0.1, -0.05) is 6.07 Å². The molecule has 1 fully saturated rings. The minimum absolute atomic E-state index is 0.137. The Morgan fingerprint density at radius 1 is 1.31 bits per heavy atom. The molecule has 2 N–H and O–H groups in total. The van der Waals surface area contributed by atoms with Crippen molar-refractivity contribution in [2.24, 2.45) is 5.92 Å². The van der Waals surface area contributed by atoms with E-state index in [9.17, 15) is 23.5 Å². The predicted molar refractivity (Wildman–Crippen MR) is 127 cm³/mol. The molecule has 0 saturated heterocycles. The summed E-state index contributed by atoms with van der Waals surface area (Å²) in [5, 5.41) is 16.9. The standard InChI is InChI=1S/C24H27BF2N4O4/c1-24(2,34)14-30-10-9-20(25-30)29-23(33)19(11-15-5-3-6-15)31-21(32)12-16(13-28-31)35-22-17(26)7-4-8-18(22)27/h4,7-10,12-13,15,19,34H,3,5-6,11,14H2,1-2H3,(H,29,33)/t19-/m1/s1. The van der Waals surface area contributed by atoms with Crippen LogP contribution in [0, 0.1) is 17.6 Å². The number of ether oxygens (including phenoxy) is 1. The maximum absolute atomic E-state index is 13.9. The number of rotatable bonds is 9. The Balaban J connectivity index is 1.54. The van der Waals surface area contributed by atoms with Gasteiger partial charge in [-0.05, 0) is 0 Å². The molecule has 1 atom stereocenters. The molecule has 1 aliphatic rings. The van der Waals surface area contributed by atoms with Gasteiger partial charge in [-0.15, -0.1) is 0 Å². The molecule has 0 aliphatic heterocycles. The zero-order valence-electron chi connectivity index (χ0n) is 19.6. The van der Waals surface area contributed by atoms with Crippen molar-refractivity contribution in [3.05, 3.63) is 64.7 Å². The molecule has 0 radical (unpaired) electrons. The van der Waals surface area contributed by atoms with Crippen LogP contribution in [-0.2, 0) is 11.3 Å². The number of hydrogen-bond acceptors (Lipinski definition) is 5. The third kappa shape index (κ3) is 6.22. The van der Waals surface area contributed by atoms with Crippen LogP contribution in [0.25, 0.3) is 0 Å². The van der Waals surface area contributed by atoms with Gasteiger partial charge in [-0.25, -0.2) is 0 Å². The van der Waals surface area contributed by atoms with Crippen LogP contribution in [-0.4, -0.2) is 37.9 Å². The van der Waals surface area contributed by atoms with E-state index < -0.39 is 40.5 Å². The number of para-hydroxylation sites is 1. The van der Waals surface area contributed by atoms with Gasteiger partial charge in [0.2, 0.25) is 0 Å². The van der Waals surface area contributed by atoms with Crippen LogP contribution >= 0.6 is 0 Å². The Labute approximate surface area is 201 Å². The third-order valence-electron chi connectivity index (χ3n) is 5.91. The molecule has 1 aromatic carbocycles. The molecule has 11 heteroatoms. The van der Waals surface area contributed by atoms with Gasteiger partial charge in [-0.3, -0.25) is 0 Å². The zero-order chi connectivity index (χ0) is 25.2. The first-order valence-electron chi connectivity index (χ1n) is 11.5. The van der Waals surface area contributed by atoms with Crippen molar-refractivity contribution < 1.29 is 23.4 Å². The van der Waals surface area contributed by atoms with Crippen LogP contribution in [0.2, 0.25) is 0 Å². The number of amides is 1. The second-order valence-electron chi connectivity index (χ2n) is 9.55. The summed E-state index contributed by atoms with van der Waals surface area (Å²) in [5.41, 5.74) is -1.01. The quantitative estimate of drug-likeness (QED) is 0.484. The van der Waals surface area contributed by atoms with Gasteiger partial charge in [0.1, 0.15) is 0 Å².